The summed E-state index contributed by atoms with van der Waals surface area (Å²) in [7, 11) is 0. The molecule has 0 amide bonds. The first-order chi connectivity index (χ1) is 3.13. The first-order valence-electron chi connectivity index (χ1n) is 1.03. The molecule has 0 fully saturated rings. The summed E-state index contributed by atoms with van der Waals surface area (Å²) in [5, 5.41) is 0. The molecule has 0 aromatic heterocycles. The van der Waals surface area contributed by atoms with Crippen molar-refractivity contribution in [3.05, 3.63) is 0 Å². The number of rotatable bonds is 2. The second-order valence-corrected chi connectivity index (χ2v) is 1.92. The van der Waals surface area contributed by atoms with Crippen LogP contribution >= 0.6 is 0 Å². The minimum absolute atomic E-state index is 0. The van der Waals surface area contributed by atoms with Gasteiger partial charge in [-0.05, 0) is 0 Å². The van der Waals surface area contributed by atoms with Crippen LogP contribution in [-0.4, -0.2) is 34.6 Å². The zero-order valence-corrected chi connectivity index (χ0v) is 7.17. The van der Waals surface area contributed by atoms with Gasteiger partial charge in [0.15, 0.2) is 0 Å². The van der Waals surface area contributed by atoms with Crippen LogP contribution in [0.3, 0.4) is 0 Å². The molecule has 0 aliphatic heterocycles. The molecule has 5 nitrogen and oxygen atoms in total. The molecule has 0 atom stereocenters. The average Bonchev–Trinajstić information content (AvgIpc) is 1.27. The molecule has 8 heavy (non-hydrogen) atoms. The molecule has 52 valence electrons. The van der Waals surface area contributed by atoms with E-state index in [1.54, 1.807) is 0 Å². The van der Waals surface area contributed by atoms with Gasteiger partial charge in [0.1, 0.15) is 0 Å². The zero-order chi connectivity index (χ0) is 5.86. The monoisotopic (exact) mass is 228 g/mol. The van der Waals surface area contributed by atoms with Gasteiger partial charge < -0.3 is 0 Å². The van der Waals surface area contributed by atoms with E-state index in [0.29, 0.717) is 0 Å². The molecule has 0 bridgehead atoms. The fraction of sp³-hybridized carbons (Fsp3) is 0. The fourth-order valence-corrected chi connectivity index (χ4v) is 0.448. The van der Waals surface area contributed by atoms with E-state index < -0.39 is 22.7 Å². The predicted octanol–water partition coefficient (Wildman–Crippen LogP) is -1.64. The van der Waals surface area contributed by atoms with Gasteiger partial charge >= 0.3 is 39.8 Å². The fourth-order valence-electron chi connectivity index (χ4n) is 0.0498. The Balaban J connectivity index is 0. The summed E-state index contributed by atoms with van der Waals surface area (Å²) in [6.07, 6.45) is 0. The van der Waals surface area contributed by atoms with E-state index in [1.165, 1.54) is 0 Å². The van der Waals surface area contributed by atoms with E-state index in [9.17, 15) is 8.42 Å². The van der Waals surface area contributed by atoms with Crippen molar-refractivity contribution in [3.8, 4) is 0 Å². The molecule has 0 aromatic carbocycles. The van der Waals surface area contributed by atoms with Gasteiger partial charge in [-0.15, -0.1) is 3.63 Å². The van der Waals surface area contributed by atoms with Gasteiger partial charge in [0.2, 0.25) is 0 Å². The molecule has 0 saturated carbocycles. The molecule has 8 heteroatoms. The Bertz CT molecular complexity index is 86.6. The van der Waals surface area contributed by atoms with Gasteiger partial charge in [0, 0.05) is 0 Å². The SMILES string of the molecule is O=S(O)OS(=O)O.[SeH2]. The first-order valence-corrected chi connectivity index (χ1v) is 3.10. The van der Waals surface area contributed by atoms with Crippen molar-refractivity contribution in [2.24, 2.45) is 0 Å². The molecule has 0 heterocycles. The van der Waals surface area contributed by atoms with Gasteiger partial charge in [-0.1, -0.05) is 0 Å². The van der Waals surface area contributed by atoms with Crippen LogP contribution in [-0.2, 0) is 26.4 Å². The van der Waals surface area contributed by atoms with Crippen molar-refractivity contribution in [1.82, 2.24) is 0 Å². The second-order valence-electron chi connectivity index (χ2n) is 0.502. The Morgan fingerprint density at radius 2 is 1.38 bits per heavy atom. The third kappa shape index (κ3) is 9.85. The van der Waals surface area contributed by atoms with Crippen LogP contribution in [0.25, 0.3) is 0 Å². The Hall–Kier alpha value is 0.699. The molecular formula is H4O5S2Se. The van der Waals surface area contributed by atoms with Crippen molar-refractivity contribution in [3.63, 3.8) is 0 Å². The second kappa shape index (κ2) is 5.83. The standard InChI is InChI=1S/H2O5S2.H2Se/c1-6(2)5-7(3)4;/h(H,1,2)(H,3,4);1H2. The first kappa shape index (κ1) is 11.5. The topological polar surface area (TPSA) is 83.8 Å². The van der Waals surface area contributed by atoms with Gasteiger partial charge in [0.05, 0.1) is 0 Å². The summed E-state index contributed by atoms with van der Waals surface area (Å²) in [5.41, 5.74) is 0. The molecule has 0 radical (unpaired) electrons. The van der Waals surface area contributed by atoms with Crippen molar-refractivity contribution in [2.75, 3.05) is 0 Å². The Kier molecular flexibility index (Phi) is 8.37. The third-order valence-corrected chi connectivity index (χ3v) is 1.05. The van der Waals surface area contributed by atoms with Crippen LogP contribution in [0.4, 0.5) is 0 Å². The van der Waals surface area contributed by atoms with Gasteiger partial charge in [-0.2, -0.15) is 8.42 Å². The Morgan fingerprint density at radius 1 is 1.12 bits per heavy atom. The van der Waals surface area contributed by atoms with E-state index in [1.807, 2.05) is 0 Å². The van der Waals surface area contributed by atoms with Gasteiger partial charge in [-0.25, -0.2) is 0 Å². The normalized spacial score (nSPS) is 16.2. The number of hydrogen-bond donors (Lipinski definition) is 2. The zero-order valence-electron chi connectivity index (χ0n) is 3.44. The van der Waals surface area contributed by atoms with E-state index in [4.69, 9.17) is 9.11 Å². The molecule has 0 spiro atoms. The van der Waals surface area contributed by atoms with Gasteiger partial charge in [-0.3, -0.25) is 9.11 Å². The summed E-state index contributed by atoms with van der Waals surface area (Å²) in [6.45, 7) is 0. The quantitative estimate of drug-likeness (QED) is 0.436. The van der Waals surface area contributed by atoms with Crippen molar-refractivity contribution < 1.29 is 21.2 Å². The summed E-state index contributed by atoms with van der Waals surface area (Å²) in [4.78, 5) is 0. The molecular weight excluding hydrogens is 223 g/mol. The van der Waals surface area contributed by atoms with Crippen molar-refractivity contribution in [1.29, 1.82) is 0 Å². The molecule has 2 N–H and O–H groups in total. The Morgan fingerprint density at radius 3 is 1.38 bits per heavy atom. The van der Waals surface area contributed by atoms with E-state index >= 15 is 0 Å². The van der Waals surface area contributed by atoms with Crippen LogP contribution in [0, 0.1) is 0 Å². The molecule has 0 aliphatic carbocycles. The maximum atomic E-state index is 9.35. The predicted molar refractivity (Wildman–Crippen MR) is 31.2 cm³/mol. The number of hydrogen-bond acceptors (Lipinski definition) is 3. The maximum absolute atomic E-state index is 9.35. The molecule has 0 saturated heterocycles. The van der Waals surface area contributed by atoms with Gasteiger partial charge in [0.25, 0.3) is 0 Å². The van der Waals surface area contributed by atoms with E-state index in [-0.39, 0.29) is 17.1 Å². The molecule has 0 aromatic rings. The van der Waals surface area contributed by atoms with Crippen LogP contribution in [0.15, 0.2) is 0 Å². The summed E-state index contributed by atoms with van der Waals surface area (Å²) >= 11 is -5.29. The molecule has 0 unspecified atom stereocenters. The summed E-state index contributed by atoms with van der Waals surface area (Å²) in [5.74, 6) is 0. The van der Waals surface area contributed by atoms with Crippen LogP contribution in [0.1, 0.15) is 0 Å². The third-order valence-electron chi connectivity index (χ3n) is 0.116. The van der Waals surface area contributed by atoms with Crippen LogP contribution in [0.2, 0.25) is 0 Å². The van der Waals surface area contributed by atoms with Crippen LogP contribution in [0.5, 0.6) is 0 Å². The molecule has 0 aliphatic rings. The average molecular weight is 227 g/mol. The summed E-state index contributed by atoms with van der Waals surface area (Å²) < 4.78 is 37.2. The van der Waals surface area contributed by atoms with E-state index in [2.05, 4.69) is 3.63 Å². The Labute approximate surface area is 61.3 Å². The summed E-state index contributed by atoms with van der Waals surface area (Å²) in [6, 6.07) is 0. The van der Waals surface area contributed by atoms with Crippen molar-refractivity contribution in [2.45, 2.75) is 0 Å². The van der Waals surface area contributed by atoms with Crippen LogP contribution < -0.4 is 0 Å². The molecule has 0 rings (SSSR count). The van der Waals surface area contributed by atoms with E-state index in [0.717, 1.165) is 0 Å². The minimum atomic E-state index is -2.65. The van der Waals surface area contributed by atoms with Crippen molar-refractivity contribution >= 4 is 39.8 Å².